The van der Waals surface area contributed by atoms with Crippen molar-refractivity contribution >= 4 is 21.7 Å². The van der Waals surface area contributed by atoms with Crippen molar-refractivity contribution in [1.82, 2.24) is 10.3 Å². The summed E-state index contributed by atoms with van der Waals surface area (Å²) in [4.78, 5) is 18.9. The molecule has 0 spiro atoms. The summed E-state index contributed by atoms with van der Waals surface area (Å²) in [7, 11) is -3.68. The van der Waals surface area contributed by atoms with Crippen LogP contribution in [0.25, 0.3) is 0 Å². The number of nitrogens with two attached hydrogens (primary N) is 1. The number of benzene rings is 1. The molecule has 0 unspecified atom stereocenters. The predicted molar refractivity (Wildman–Crippen MR) is 99.5 cm³/mol. The molecule has 0 aliphatic carbocycles. The number of nitrogens with one attached hydrogen (secondary N) is 1. The minimum Gasteiger partial charge on any atom is -0.357 e. The van der Waals surface area contributed by atoms with Crippen molar-refractivity contribution in [3.8, 4) is 0 Å². The van der Waals surface area contributed by atoms with Crippen molar-refractivity contribution in [3.05, 3.63) is 53.7 Å². The number of pyridine rings is 1. The van der Waals surface area contributed by atoms with E-state index in [2.05, 4.69) is 15.2 Å². The number of amides is 1. The van der Waals surface area contributed by atoms with E-state index in [1.54, 1.807) is 24.4 Å². The minimum atomic E-state index is -3.68. The highest BCUT2D eigenvalue weighted by Crippen LogP contribution is 2.18. The lowest BCUT2D eigenvalue weighted by atomic mass is 10.1. The van der Waals surface area contributed by atoms with E-state index in [1.807, 2.05) is 6.07 Å². The Morgan fingerprint density at radius 3 is 2.50 bits per heavy atom. The molecule has 1 aromatic carbocycles. The minimum absolute atomic E-state index is 0.0801. The molecule has 0 bridgehead atoms. The fraction of sp³-hybridized carbons (Fsp3) is 0.333. The Balaban J connectivity index is 1.55. The highest BCUT2D eigenvalue weighted by molar-refractivity contribution is 7.89. The van der Waals surface area contributed by atoms with Crippen LogP contribution in [0, 0.1) is 0 Å². The normalized spacial score (nSPS) is 14.4. The molecule has 1 aliphatic rings. The van der Waals surface area contributed by atoms with Crippen LogP contribution in [0.3, 0.4) is 0 Å². The van der Waals surface area contributed by atoms with Crippen LogP contribution in [0.5, 0.6) is 0 Å². The van der Waals surface area contributed by atoms with Gasteiger partial charge < -0.3 is 10.2 Å². The topological polar surface area (TPSA) is 105 Å². The summed E-state index contributed by atoms with van der Waals surface area (Å²) in [5.41, 5.74) is 1.51. The van der Waals surface area contributed by atoms with Gasteiger partial charge in [0.05, 0.1) is 4.90 Å². The third-order valence-corrected chi connectivity index (χ3v) is 5.32. The molecule has 26 heavy (non-hydrogen) atoms. The molecular formula is C18H22N4O3S. The second-order valence-corrected chi connectivity index (χ2v) is 7.85. The maximum Gasteiger partial charge on any atom is 0.251 e. The Morgan fingerprint density at radius 2 is 1.85 bits per heavy atom. The summed E-state index contributed by atoms with van der Waals surface area (Å²) in [6, 6.07) is 9.86. The predicted octanol–water partition coefficient (Wildman–Crippen LogP) is 1.30. The van der Waals surface area contributed by atoms with Crippen LogP contribution in [0.2, 0.25) is 0 Å². The molecule has 1 fully saturated rings. The highest BCUT2D eigenvalue weighted by Gasteiger charge is 2.15. The van der Waals surface area contributed by atoms with Crippen molar-refractivity contribution in [1.29, 1.82) is 0 Å². The maximum absolute atomic E-state index is 12.3. The highest BCUT2D eigenvalue weighted by atomic mass is 32.2. The van der Waals surface area contributed by atoms with Crippen molar-refractivity contribution in [2.24, 2.45) is 5.14 Å². The monoisotopic (exact) mass is 374 g/mol. The third kappa shape index (κ3) is 4.59. The van der Waals surface area contributed by atoms with Gasteiger partial charge in [-0.15, -0.1) is 0 Å². The molecule has 2 aromatic rings. The van der Waals surface area contributed by atoms with Gasteiger partial charge in [0, 0.05) is 31.4 Å². The largest absolute Gasteiger partial charge is 0.357 e. The van der Waals surface area contributed by atoms with Crippen LogP contribution in [0.15, 0.2) is 47.5 Å². The Kier molecular flexibility index (Phi) is 5.53. The lowest BCUT2D eigenvalue weighted by molar-refractivity contribution is 0.0954. The molecule has 1 aliphatic heterocycles. The van der Waals surface area contributed by atoms with E-state index in [0.29, 0.717) is 18.5 Å². The van der Waals surface area contributed by atoms with Gasteiger partial charge in [-0.25, -0.2) is 18.5 Å². The van der Waals surface area contributed by atoms with Crippen LogP contribution < -0.4 is 15.4 Å². The molecule has 3 rings (SSSR count). The number of rotatable bonds is 6. The van der Waals surface area contributed by atoms with Gasteiger partial charge >= 0.3 is 0 Å². The molecule has 0 saturated carbocycles. The van der Waals surface area contributed by atoms with Gasteiger partial charge in [-0.05, 0) is 49.1 Å². The van der Waals surface area contributed by atoms with Gasteiger partial charge in [0.2, 0.25) is 10.0 Å². The van der Waals surface area contributed by atoms with E-state index < -0.39 is 10.0 Å². The lowest BCUT2D eigenvalue weighted by Gasteiger charge is -2.16. The zero-order chi connectivity index (χ0) is 18.6. The zero-order valence-electron chi connectivity index (χ0n) is 14.4. The van der Waals surface area contributed by atoms with Gasteiger partial charge in [-0.3, -0.25) is 4.79 Å². The second-order valence-electron chi connectivity index (χ2n) is 6.29. The first-order valence-electron chi connectivity index (χ1n) is 8.54. The molecule has 0 radical (unpaired) electrons. The number of hydrogen-bond donors (Lipinski definition) is 2. The Morgan fingerprint density at radius 1 is 1.15 bits per heavy atom. The molecule has 0 atom stereocenters. The van der Waals surface area contributed by atoms with Crippen LogP contribution in [-0.4, -0.2) is 38.9 Å². The molecule has 8 heteroatoms. The van der Waals surface area contributed by atoms with Gasteiger partial charge in [0.15, 0.2) is 0 Å². The third-order valence-electron chi connectivity index (χ3n) is 4.39. The summed E-state index contributed by atoms with van der Waals surface area (Å²) in [5.74, 6) is 0.697. The molecular weight excluding hydrogens is 352 g/mol. The van der Waals surface area contributed by atoms with E-state index >= 15 is 0 Å². The number of primary sulfonamides is 1. The molecule has 7 nitrogen and oxygen atoms in total. The van der Waals surface area contributed by atoms with E-state index in [9.17, 15) is 13.2 Å². The maximum atomic E-state index is 12.3. The summed E-state index contributed by atoms with van der Waals surface area (Å²) in [6.45, 7) is 2.41. The Bertz CT molecular complexity index is 876. The average Bonchev–Trinajstić information content (AvgIpc) is 3.16. The Hall–Kier alpha value is -2.45. The van der Waals surface area contributed by atoms with E-state index in [0.717, 1.165) is 37.3 Å². The SMILES string of the molecule is NS(=O)(=O)c1ccc(CCNC(=O)c2ccnc(N3CCCC3)c2)cc1. The summed E-state index contributed by atoms with van der Waals surface area (Å²) in [6.07, 6.45) is 4.57. The number of carbonyl (C=O) groups is 1. The van der Waals surface area contributed by atoms with Crippen molar-refractivity contribution < 1.29 is 13.2 Å². The molecule has 1 aromatic heterocycles. The van der Waals surface area contributed by atoms with Crippen molar-refractivity contribution in [2.75, 3.05) is 24.5 Å². The number of anilines is 1. The van der Waals surface area contributed by atoms with Crippen LogP contribution in [0.1, 0.15) is 28.8 Å². The second kappa shape index (κ2) is 7.84. The number of nitrogens with zero attached hydrogens (tertiary/aromatic N) is 2. The van der Waals surface area contributed by atoms with Crippen molar-refractivity contribution in [3.63, 3.8) is 0 Å². The van der Waals surface area contributed by atoms with Crippen molar-refractivity contribution in [2.45, 2.75) is 24.2 Å². The quantitative estimate of drug-likeness (QED) is 0.793. The summed E-state index contributed by atoms with van der Waals surface area (Å²) >= 11 is 0. The first-order valence-corrected chi connectivity index (χ1v) is 10.1. The number of sulfonamides is 1. The fourth-order valence-corrected chi connectivity index (χ4v) is 3.46. The number of carbonyl (C=O) groups excluding carboxylic acids is 1. The smallest absolute Gasteiger partial charge is 0.251 e. The Labute approximate surface area is 153 Å². The lowest BCUT2D eigenvalue weighted by Crippen LogP contribution is -2.26. The van der Waals surface area contributed by atoms with Crippen LogP contribution >= 0.6 is 0 Å². The van der Waals surface area contributed by atoms with E-state index in [-0.39, 0.29) is 10.8 Å². The first kappa shape index (κ1) is 18.3. The molecule has 2 heterocycles. The number of hydrogen-bond acceptors (Lipinski definition) is 5. The molecule has 3 N–H and O–H groups in total. The molecule has 138 valence electrons. The standard InChI is InChI=1S/C18H22N4O3S/c19-26(24,25)16-5-3-14(4-6-16)7-9-21-18(23)15-8-10-20-17(13-15)22-11-1-2-12-22/h3-6,8,10,13H,1-2,7,9,11-12H2,(H,21,23)(H2,19,24,25). The van der Waals surface area contributed by atoms with Crippen LogP contribution in [-0.2, 0) is 16.4 Å². The fourth-order valence-electron chi connectivity index (χ4n) is 2.95. The number of aromatic nitrogens is 1. The summed E-state index contributed by atoms with van der Waals surface area (Å²) < 4.78 is 22.5. The zero-order valence-corrected chi connectivity index (χ0v) is 15.2. The molecule has 1 saturated heterocycles. The van der Waals surface area contributed by atoms with Crippen LogP contribution in [0.4, 0.5) is 5.82 Å². The van der Waals surface area contributed by atoms with E-state index in [4.69, 9.17) is 5.14 Å². The summed E-state index contributed by atoms with van der Waals surface area (Å²) in [5, 5.41) is 7.96. The molecule has 1 amide bonds. The van der Waals surface area contributed by atoms with Gasteiger partial charge in [0.1, 0.15) is 5.82 Å². The van der Waals surface area contributed by atoms with Gasteiger partial charge in [-0.2, -0.15) is 0 Å². The van der Waals surface area contributed by atoms with E-state index in [1.165, 1.54) is 12.1 Å². The van der Waals surface area contributed by atoms with Gasteiger partial charge in [0.25, 0.3) is 5.91 Å². The average molecular weight is 374 g/mol. The van der Waals surface area contributed by atoms with Gasteiger partial charge in [-0.1, -0.05) is 12.1 Å². The first-order chi connectivity index (χ1) is 12.4.